The zero-order chi connectivity index (χ0) is 14.4. The number of benzene rings is 1. The van der Waals surface area contributed by atoms with Crippen LogP contribution in [0.4, 0.5) is 0 Å². The average Bonchev–Trinajstić information content (AvgIpc) is 2.26. The Bertz CT molecular complexity index is 472. The van der Waals surface area contributed by atoms with Crippen LogP contribution in [-0.4, -0.2) is 15.3 Å². The predicted octanol–water partition coefficient (Wildman–Crippen LogP) is 3.84. The van der Waals surface area contributed by atoms with Crippen molar-refractivity contribution in [3.05, 3.63) is 41.0 Å². The Kier molecular flexibility index (Phi) is 5.49. The lowest BCUT2D eigenvalue weighted by Crippen LogP contribution is -1.87. The third-order valence-corrected chi connectivity index (χ3v) is 2.86. The molecule has 0 fully saturated rings. The molecule has 0 heterocycles. The molecule has 0 spiro atoms. The van der Waals surface area contributed by atoms with Crippen LogP contribution in [-0.2, 0) is 6.42 Å². The maximum Gasteiger partial charge on any atom is 0.134 e. The van der Waals surface area contributed by atoms with Crippen molar-refractivity contribution in [3.8, 4) is 17.2 Å². The number of rotatable bonds is 5. The Morgan fingerprint density at radius 3 is 2.42 bits per heavy atom. The molecule has 1 aromatic rings. The summed E-state index contributed by atoms with van der Waals surface area (Å²) in [6, 6.07) is 3.56. The summed E-state index contributed by atoms with van der Waals surface area (Å²) in [5, 5.41) is 28.4. The number of phenols is 3. The van der Waals surface area contributed by atoms with Crippen molar-refractivity contribution < 1.29 is 15.3 Å². The summed E-state index contributed by atoms with van der Waals surface area (Å²) < 4.78 is 0. The molecule has 3 nitrogen and oxygen atoms in total. The van der Waals surface area contributed by atoms with Gasteiger partial charge in [-0.2, -0.15) is 0 Å². The van der Waals surface area contributed by atoms with Gasteiger partial charge >= 0.3 is 0 Å². The maximum atomic E-state index is 9.66. The highest BCUT2D eigenvalue weighted by molar-refractivity contribution is 5.48. The van der Waals surface area contributed by atoms with Gasteiger partial charge in [0.2, 0.25) is 0 Å². The minimum atomic E-state index is -0.261. The lowest BCUT2D eigenvalue weighted by Gasteiger charge is -2.06. The molecule has 0 unspecified atom stereocenters. The summed E-state index contributed by atoms with van der Waals surface area (Å²) in [7, 11) is 0. The molecule has 0 aromatic heterocycles. The summed E-state index contributed by atoms with van der Waals surface area (Å²) >= 11 is 0. The van der Waals surface area contributed by atoms with E-state index in [0.717, 1.165) is 12.8 Å². The second kappa shape index (κ2) is 6.88. The minimum Gasteiger partial charge on any atom is -0.507 e. The van der Waals surface area contributed by atoms with Crippen LogP contribution in [0.5, 0.6) is 17.2 Å². The topological polar surface area (TPSA) is 60.7 Å². The standard InChI is InChI=1S/C16H21O3/c1-11(2)5-4-6-12(3)7-8-14-15(18)9-13(17)10-16(14)19/h5,7,9,17-19H,4,6,8H2,1-3H3. The first-order valence-electron chi connectivity index (χ1n) is 6.35. The summed E-state index contributed by atoms with van der Waals surface area (Å²) in [5.41, 5.74) is 2.89. The molecule has 103 valence electrons. The van der Waals surface area contributed by atoms with E-state index in [-0.39, 0.29) is 17.2 Å². The molecule has 3 heteroatoms. The molecule has 1 rings (SSSR count). The van der Waals surface area contributed by atoms with Crippen LogP contribution in [0.25, 0.3) is 0 Å². The van der Waals surface area contributed by atoms with E-state index in [2.05, 4.69) is 26.0 Å². The molecule has 1 aromatic carbocycles. The first-order valence-corrected chi connectivity index (χ1v) is 6.35. The van der Waals surface area contributed by atoms with Crippen LogP contribution >= 0.6 is 0 Å². The van der Waals surface area contributed by atoms with E-state index >= 15 is 0 Å². The highest BCUT2D eigenvalue weighted by Gasteiger charge is 2.08. The molecule has 0 saturated heterocycles. The third kappa shape index (κ3) is 5.08. The smallest absolute Gasteiger partial charge is 0.134 e. The first-order chi connectivity index (χ1) is 8.90. The lowest BCUT2D eigenvalue weighted by molar-refractivity contribution is 0.419. The molecule has 0 aliphatic carbocycles. The van der Waals surface area contributed by atoms with Gasteiger partial charge in [0.1, 0.15) is 17.2 Å². The monoisotopic (exact) mass is 261 g/mol. The Balaban J connectivity index is 2.68. The summed E-state index contributed by atoms with van der Waals surface area (Å²) in [6.07, 6.45) is 6.52. The zero-order valence-electron chi connectivity index (χ0n) is 11.7. The summed E-state index contributed by atoms with van der Waals surface area (Å²) in [4.78, 5) is 0. The summed E-state index contributed by atoms with van der Waals surface area (Å²) in [6.45, 7) is 6.17. The highest BCUT2D eigenvalue weighted by atomic mass is 16.3. The molecule has 19 heavy (non-hydrogen) atoms. The molecule has 0 aliphatic heterocycles. The fourth-order valence-corrected chi connectivity index (χ4v) is 1.74. The Hall–Kier alpha value is -1.90. The largest absolute Gasteiger partial charge is 0.507 e. The van der Waals surface area contributed by atoms with Crippen molar-refractivity contribution in [2.45, 2.75) is 40.0 Å². The zero-order valence-corrected chi connectivity index (χ0v) is 11.7. The van der Waals surface area contributed by atoms with E-state index in [1.807, 2.05) is 13.0 Å². The molecular weight excluding hydrogens is 240 g/mol. The highest BCUT2D eigenvalue weighted by Crippen LogP contribution is 2.32. The molecule has 0 amide bonds. The molecule has 0 atom stereocenters. The Morgan fingerprint density at radius 2 is 1.84 bits per heavy atom. The minimum absolute atomic E-state index is 0.109. The van der Waals surface area contributed by atoms with Crippen LogP contribution in [0.3, 0.4) is 0 Å². The molecule has 3 N–H and O–H groups in total. The fourth-order valence-electron chi connectivity index (χ4n) is 1.74. The first kappa shape index (κ1) is 15.2. The normalized spacial score (nSPS) is 11.4. The second-order valence-corrected chi connectivity index (χ2v) is 4.94. The molecule has 0 saturated carbocycles. The van der Waals surface area contributed by atoms with Crippen molar-refractivity contribution in [1.82, 2.24) is 0 Å². The van der Waals surface area contributed by atoms with Gasteiger partial charge in [-0.1, -0.05) is 23.3 Å². The second-order valence-electron chi connectivity index (χ2n) is 4.94. The van der Waals surface area contributed by atoms with Gasteiger partial charge in [0.25, 0.3) is 0 Å². The van der Waals surface area contributed by atoms with Crippen LogP contribution in [0.1, 0.15) is 39.2 Å². The number of allylic oxidation sites excluding steroid dienone is 4. The van der Waals surface area contributed by atoms with Gasteiger partial charge < -0.3 is 15.3 Å². The Labute approximate surface area is 114 Å². The van der Waals surface area contributed by atoms with E-state index in [4.69, 9.17) is 5.11 Å². The molecular formula is C16H21O3. The van der Waals surface area contributed by atoms with Crippen LogP contribution < -0.4 is 0 Å². The van der Waals surface area contributed by atoms with Crippen LogP contribution in [0.2, 0.25) is 0 Å². The van der Waals surface area contributed by atoms with Gasteiger partial charge in [0.05, 0.1) is 6.07 Å². The van der Waals surface area contributed by atoms with E-state index in [0.29, 0.717) is 12.0 Å². The van der Waals surface area contributed by atoms with Gasteiger partial charge in [0.15, 0.2) is 0 Å². The van der Waals surface area contributed by atoms with E-state index in [9.17, 15) is 10.2 Å². The number of phenolic OH excluding ortho intramolecular Hbond substituents is 3. The van der Waals surface area contributed by atoms with E-state index in [1.54, 1.807) is 0 Å². The van der Waals surface area contributed by atoms with E-state index in [1.165, 1.54) is 17.2 Å². The SMILES string of the molecule is CC(C)=CCCC(C)=CCc1c(O)[c]c(O)cc1O. The van der Waals surface area contributed by atoms with Gasteiger partial charge in [-0.3, -0.25) is 0 Å². The molecule has 0 bridgehead atoms. The predicted molar refractivity (Wildman–Crippen MR) is 76.4 cm³/mol. The van der Waals surface area contributed by atoms with Crippen molar-refractivity contribution >= 4 is 0 Å². The van der Waals surface area contributed by atoms with Gasteiger partial charge in [0, 0.05) is 11.6 Å². The maximum absolute atomic E-state index is 9.66. The van der Waals surface area contributed by atoms with E-state index < -0.39 is 0 Å². The summed E-state index contributed by atoms with van der Waals surface area (Å²) in [5.74, 6) is -0.573. The number of hydrogen-bond donors (Lipinski definition) is 3. The van der Waals surface area contributed by atoms with Crippen molar-refractivity contribution in [2.24, 2.45) is 0 Å². The quantitative estimate of drug-likeness (QED) is 0.706. The molecule has 1 radical (unpaired) electrons. The number of hydrogen-bond acceptors (Lipinski definition) is 3. The van der Waals surface area contributed by atoms with Crippen LogP contribution in [0, 0.1) is 6.07 Å². The fraction of sp³-hybridized carbons (Fsp3) is 0.375. The van der Waals surface area contributed by atoms with Crippen molar-refractivity contribution in [3.63, 3.8) is 0 Å². The average molecular weight is 261 g/mol. The number of aromatic hydroxyl groups is 3. The van der Waals surface area contributed by atoms with Gasteiger partial charge in [-0.25, -0.2) is 0 Å². The van der Waals surface area contributed by atoms with Crippen molar-refractivity contribution in [2.75, 3.05) is 0 Å². The van der Waals surface area contributed by atoms with Gasteiger partial charge in [-0.15, -0.1) is 0 Å². The van der Waals surface area contributed by atoms with Gasteiger partial charge in [-0.05, 0) is 40.0 Å². The third-order valence-electron chi connectivity index (χ3n) is 2.86. The Morgan fingerprint density at radius 1 is 1.16 bits per heavy atom. The molecule has 0 aliphatic rings. The van der Waals surface area contributed by atoms with Crippen molar-refractivity contribution in [1.29, 1.82) is 0 Å². The lowest BCUT2D eigenvalue weighted by atomic mass is 10.0. The van der Waals surface area contributed by atoms with Crippen LogP contribution in [0.15, 0.2) is 29.4 Å².